The van der Waals surface area contributed by atoms with Gasteiger partial charge in [0.15, 0.2) is 0 Å². The maximum atomic E-state index is 5.87. The molecule has 0 atom stereocenters. The average Bonchev–Trinajstić information content (AvgIpc) is 2.67. The number of rotatable bonds is 6. The van der Waals surface area contributed by atoms with Gasteiger partial charge in [-0.25, -0.2) is 0 Å². The topological polar surface area (TPSA) is 54.2 Å². The lowest BCUT2D eigenvalue weighted by Crippen LogP contribution is -2.45. The van der Waals surface area contributed by atoms with Crippen molar-refractivity contribution in [2.45, 2.75) is 58.5 Å². The molecule has 4 heteroatoms. The third kappa shape index (κ3) is 5.08. The molecule has 0 radical (unpaired) electrons. The Morgan fingerprint density at radius 2 is 1.89 bits per heavy atom. The first-order chi connectivity index (χ1) is 12.9. The maximum Gasteiger partial charge on any atom is 0.0483 e. The molecule has 146 valence electrons. The van der Waals surface area contributed by atoms with Crippen LogP contribution in [-0.2, 0) is 6.54 Å². The second-order valence-electron chi connectivity index (χ2n) is 8.54. The molecule has 0 spiro atoms. The van der Waals surface area contributed by atoms with Crippen molar-refractivity contribution in [2.24, 2.45) is 5.73 Å². The van der Waals surface area contributed by atoms with Gasteiger partial charge in [-0.1, -0.05) is 18.2 Å². The van der Waals surface area contributed by atoms with Gasteiger partial charge in [-0.15, -0.1) is 0 Å². The van der Waals surface area contributed by atoms with Crippen molar-refractivity contribution in [3.05, 3.63) is 58.9 Å². The Labute approximate surface area is 164 Å². The lowest BCUT2D eigenvalue weighted by Gasteiger charge is -2.34. The summed E-state index contributed by atoms with van der Waals surface area (Å²) >= 11 is 0. The SMILES string of the molecule is Cc1cccc(N2CCC(c3nc(C)ccc3CNC(C)(C)CN)CC2)c1. The van der Waals surface area contributed by atoms with Gasteiger partial charge in [0, 0.05) is 54.7 Å². The molecule has 27 heavy (non-hydrogen) atoms. The highest BCUT2D eigenvalue weighted by Crippen LogP contribution is 2.32. The first kappa shape index (κ1) is 19.8. The maximum absolute atomic E-state index is 5.87. The van der Waals surface area contributed by atoms with Crippen LogP contribution >= 0.6 is 0 Å². The van der Waals surface area contributed by atoms with Crippen LogP contribution in [0.1, 0.15) is 55.1 Å². The van der Waals surface area contributed by atoms with Crippen molar-refractivity contribution in [3.8, 4) is 0 Å². The smallest absolute Gasteiger partial charge is 0.0483 e. The van der Waals surface area contributed by atoms with Gasteiger partial charge in [-0.2, -0.15) is 0 Å². The second-order valence-corrected chi connectivity index (χ2v) is 8.54. The van der Waals surface area contributed by atoms with Gasteiger partial charge in [0.05, 0.1) is 0 Å². The molecule has 1 saturated heterocycles. The van der Waals surface area contributed by atoms with Crippen LogP contribution < -0.4 is 16.0 Å². The number of anilines is 1. The number of aromatic nitrogens is 1. The number of hydrogen-bond donors (Lipinski definition) is 2. The number of benzene rings is 1. The molecule has 1 aromatic carbocycles. The summed E-state index contributed by atoms with van der Waals surface area (Å²) in [6.45, 7) is 12.2. The van der Waals surface area contributed by atoms with Gasteiger partial charge in [0.2, 0.25) is 0 Å². The van der Waals surface area contributed by atoms with E-state index in [-0.39, 0.29) is 5.54 Å². The second kappa shape index (κ2) is 8.41. The fourth-order valence-electron chi connectivity index (χ4n) is 3.75. The molecule has 1 fully saturated rings. The zero-order chi connectivity index (χ0) is 19.4. The number of nitrogens with two attached hydrogens (primary N) is 1. The Morgan fingerprint density at radius 1 is 1.15 bits per heavy atom. The third-order valence-corrected chi connectivity index (χ3v) is 5.67. The molecule has 0 saturated carbocycles. The van der Waals surface area contributed by atoms with Gasteiger partial charge in [-0.3, -0.25) is 4.98 Å². The minimum Gasteiger partial charge on any atom is -0.371 e. The Morgan fingerprint density at radius 3 is 2.56 bits per heavy atom. The highest BCUT2D eigenvalue weighted by molar-refractivity contribution is 5.49. The van der Waals surface area contributed by atoms with Crippen molar-refractivity contribution < 1.29 is 0 Å². The number of aryl methyl sites for hydroxylation is 2. The van der Waals surface area contributed by atoms with Crippen molar-refractivity contribution >= 4 is 5.69 Å². The molecule has 1 aliphatic rings. The number of nitrogens with one attached hydrogen (secondary N) is 1. The van der Waals surface area contributed by atoms with Crippen LogP contribution in [0.2, 0.25) is 0 Å². The molecule has 0 bridgehead atoms. The number of nitrogens with zero attached hydrogens (tertiary/aromatic N) is 2. The first-order valence-corrected chi connectivity index (χ1v) is 10.1. The van der Waals surface area contributed by atoms with Crippen molar-refractivity contribution in [2.75, 3.05) is 24.5 Å². The number of piperidine rings is 1. The third-order valence-electron chi connectivity index (χ3n) is 5.67. The molecule has 0 unspecified atom stereocenters. The van der Waals surface area contributed by atoms with E-state index in [0.29, 0.717) is 12.5 Å². The summed E-state index contributed by atoms with van der Waals surface area (Å²) in [4.78, 5) is 7.45. The van der Waals surface area contributed by atoms with Crippen LogP contribution in [0.15, 0.2) is 36.4 Å². The molecule has 0 amide bonds. The zero-order valence-electron chi connectivity index (χ0n) is 17.3. The van der Waals surface area contributed by atoms with E-state index in [1.165, 1.54) is 22.5 Å². The van der Waals surface area contributed by atoms with Crippen LogP contribution in [-0.4, -0.2) is 30.2 Å². The largest absolute Gasteiger partial charge is 0.371 e. The van der Waals surface area contributed by atoms with Crippen LogP contribution in [0.25, 0.3) is 0 Å². The van der Waals surface area contributed by atoms with Crippen LogP contribution in [0.5, 0.6) is 0 Å². The number of hydrogen-bond acceptors (Lipinski definition) is 4. The van der Waals surface area contributed by atoms with E-state index in [2.05, 4.69) is 74.3 Å². The Bertz CT molecular complexity index is 761. The normalized spacial score (nSPS) is 16.0. The molecule has 2 heterocycles. The summed E-state index contributed by atoms with van der Waals surface area (Å²) in [6, 6.07) is 13.2. The van der Waals surface area contributed by atoms with Crippen LogP contribution in [0, 0.1) is 13.8 Å². The average molecular weight is 367 g/mol. The van der Waals surface area contributed by atoms with Gasteiger partial charge < -0.3 is 16.0 Å². The quantitative estimate of drug-likeness (QED) is 0.814. The fraction of sp³-hybridized carbons (Fsp3) is 0.522. The van der Waals surface area contributed by atoms with E-state index in [0.717, 1.165) is 38.2 Å². The Hall–Kier alpha value is -1.91. The van der Waals surface area contributed by atoms with E-state index in [4.69, 9.17) is 10.7 Å². The van der Waals surface area contributed by atoms with E-state index < -0.39 is 0 Å². The Kier molecular flexibility index (Phi) is 6.18. The Balaban J connectivity index is 1.70. The van der Waals surface area contributed by atoms with E-state index in [1.54, 1.807) is 0 Å². The zero-order valence-corrected chi connectivity index (χ0v) is 17.3. The van der Waals surface area contributed by atoms with Crippen molar-refractivity contribution in [1.29, 1.82) is 0 Å². The molecule has 0 aliphatic carbocycles. The summed E-state index contributed by atoms with van der Waals surface area (Å²) in [5.41, 5.74) is 12.2. The summed E-state index contributed by atoms with van der Waals surface area (Å²) in [5.74, 6) is 0.531. The number of pyridine rings is 1. The predicted molar refractivity (Wildman–Crippen MR) is 114 cm³/mol. The lowest BCUT2D eigenvalue weighted by molar-refractivity contribution is 0.393. The summed E-state index contributed by atoms with van der Waals surface area (Å²) in [7, 11) is 0. The van der Waals surface area contributed by atoms with Crippen molar-refractivity contribution in [3.63, 3.8) is 0 Å². The van der Waals surface area contributed by atoms with Crippen molar-refractivity contribution in [1.82, 2.24) is 10.3 Å². The van der Waals surface area contributed by atoms with E-state index in [1.807, 2.05) is 0 Å². The molecular formula is C23H34N4. The predicted octanol–water partition coefficient (Wildman–Crippen LogP) is 3.91. The monoisotopic (exact) mass is 366 g/mol. The fourth-order valence-corrected chi connectivity index (χ4v) is 3.75. The minimum atomic E-state index is -0.0588. The molecule has 4 nitrogen and oxygen atoms in total. The molecule has 2 aromatic rings. The highest BCUT2D eigenvalue weighted by Gasteiger charge is 2.25. The first-order valence-electron chi connectivity index (χ1n) is 10.1. The standard InChI is InChI=1S/C23H34N4/c1-17-6-5-7-21(14-17)27-12-10-19(11-13-27)22-20(9-8-18(2)26-22)15-25-23(3,4)16-24/h5-9,14,19,25H,10-13,15-16,24H2,1-4H3. The van der Waals surface area contributed by atoms with Gasteiger partial charge in [0.1, 0.15) is 0 Å². The molecular weight excluding hydrogens is 332 g/mol. The molecule has 1 aliphatic heterocycles. The summed E-state index contributed by atoms with van der Waals surface area (Å²) in [6.07, 6.45) is 2.30. The van der Waals surface area contributed by atoms with Crippen LogP contribution in [0.3, 0.4) is 0 Å². The highest BCUT2D eigenvalue weighted by atomic mass is 15.1. The van der Waals surface area contributed by atoms with E-state index >= 15 is 0 Å². The summed E-state index contributed by atoms with van der Waals surface area (Å²) in [5, 5.41) is 3.59. The van der Waals surface area contributed by atoms with Gasteiger partial charge >= 0.3 is 0 Å². The minimum absolute atomic E-state index is 0.0588. The molecule has 1 aromatic heterocycles. The van der Waals surface area contributed by atoms with E-state index in [9.17, 15) is 0 Å². The van der Waals surface area contributed by atoms with Gasteiger partial charge in [0.25, 0.3) is 0 Å². The lowest BCUT2D eigenvalue weighted by atomic mass is 9.89. The van der Waals surface area contributed by atoms with Gasteiger partial charge in [-0.05, 0) is 69.9 Å². The molecule has 3 N–H and O–H groups in total. The van der Waals surface area contributed by atoms with Crippen LogP contribution in [0.4, 0.5) is 5.69 Å². The molecule has 3 rings (SSSR count). The summed E-state index contributed by atoms with van der Waals surface area (Å²) < 4.78 is 0.